The summed E-state index contributed by atoms with van der Waals surface area (Å²) in [6, 6.07) is 3.96. The van der Waals surface area contributed by atoms with Gasteiger partial charge in [0.05, 0.1) is 11.6 Å². The molecule has 0 amide bonds. The first-order chi connectivity index (χ1) is 8.13. The van der Waals surface area contributed by atoms with E-state index >= 15 is 0 Å². The summed E-state index contributed by atoms with van der Waals surface area (Å²) < 4.78 is 1.61. The maximum Gasteiger partial charge on any atom is 0.349 e. The Morgan fingerprint density at radius 1 is 1.59 bits per heavy atom. The van der Waals surface area contributed by atoms with E-state index in [9.17, 15) is 4.79 Å². The second-order valence-corrected chi connectivity index (χ2v) is 5.67. The summed E-state index contributed by atoms with van der Waals surface area (Å²) in [5.41, 5.74) is 0.522. The maximum atomic E-state index is 11.9. The van der Waals surface area contributed by atoms with Crippen LogP contribution in [-0.4, -0.2) is 15.8 Å². The van der Waals surface area contributed by atoms with Crippen LogP contribution in [0.3, 0.4) is 0 Å². The molecule has 0 spiro atoms. The van der Waals surface area contributed by atoms with Crippen molar-refractivity contribution in [2.24, 2.45) is 0 Å². The molecule has 0 aromatic carbocycles. The standard InChI is InChI=1S/C11H11ClN2OS2/c1-7-9(12)10(16-2)13-11(15)14(7)6-8-4-3-5-17-8/h3-5H,6H2,1-2H3. The monoisotopic (exact) mass is 286 g/mol. The molecule has 0 fully saturated rings. The lowest BCUT2D eigenvalue weighted by Crippen LogP contribution is -2.26. The molecule has 0 unspecified atom stereocenters. The molecule has 0 radical (unpaired) electrons. The van der Waals surface area contributed by atoms with E-state index in [4.69, 9.17) is 11.6 Å². The molecule has 0 bridgehead atoms. The Morgan fingerprint density at radius 3 is 2.94 bits per heavy atom. The molecule has 2 aromatic heterocycles. The van der Waals surface area contributed by atoms with Gasteiger partial charge >= 0.3 is 5.69 Å². The van der Waals surface area contributed by atoms with Crippen molar-refractivity contribution in [3.63, 3.8) is 0 Å². The highest BCUT2D eigenvalue weighted by Gasteiger charge is 2.12. The number of aromatic nitrogens is 2. The zero-order valence-corrected chi connectivity index (χ0v) is 11.8. The molecular weight excluding hydrogens is 276 g/mol. The fourth-order valence-corrected chi connectivity index (χ4v) is 3.06. The molecule has 0 aliphatic heterocycles. The Labute approximate surface area is 112 Å². The van der Waals surface area contributed by atoms with E-state index < -0.39 is 0 Å². The number of thioether (sulfide) groups is 1. The Morgan fingerprint density at radius 2 is 2.35 bits per heavy atom. The highest BCUT2D eigenvalue weighted by Crippen LogP contribution is 2.24. The number of hydrogen-bond donors (Lipinski definition) is 0. The van der Waals surface area contributed by atoms with Crippen molar-refractivity contribution in [3.8, 4) is 0 Å². The van der Waals surface area contributed by atoms with Gasteiger partial charge in [-0.15, -0.1) is 23.1 Å². The SMILES string of the molecule is CSc1nc(=O)n(Cc2cccs2)c(C)c1Cl. The maximum absolute atomic E-state index is 11.9. The van der Waals surface area contributed by atoms with Gasteiger partial charge in [0, 0.05) is 10.6 Å². The zero-order valence-electron chi connectivity index (χ0n) is 9.44. The first-order valence-corrected chi connectivity index (χ1v) is 7.45. The van der Waals surface area contributed by atoms with E-state index in [0.717, 1.165) is 10.6 Å². The van der Waals surface area contributed by atoms with Gasteiger partial charge in [-0.2, -0.15) is 4.98 Å². The number of hydrogen-bond acceptors (Lipinski definition) is 4. The van der Waals surface area contributed by atoms with E-state index in [-0.39, 0.29) is 5.69 Å². The summed E-state index contributed by atoms with van der Waals surface area (Å²) in [6.07, 6.45) is 1.86. The molecular formula is C11H11ClN2OS2. The normalized spacial score (nSPS) is 10.8. The number of rotatable bonds is 3. The van der Waals surface area contributed by atoms with Crippen molar-refractivity contribution in [2.45, 2.75) is 18.5 Å². The van der Waals surface area contributed by atoms with E-state index in [2.05, 4.69) is 4.98 Å². The van der Waals surface area contributed by atoms with Crippen LogP contribution in [0.1, 0.15) is 10.6 Å². The summed E-state index contributed by atoms with van der Waals surface area (Å²) in [6.45, 7) is 2.38. The van der Waals surface area contributed by atoms with Crippen LogP contribution < -0.4 is 5.69 Å². The summed E-state index contributed by atoms with van der Waals surface area (Å²) >= 11 is 9.17. The quantitative estimate of drug-likeness (QED) is 0.642. The van der Waals surface area contributed by atoms with E-state index in [0.29, 0.717) is 16.6 Å². The van der Waals surface area contributed by atoms with E-state index in [1.165, 1.54) is 11.8 Å². The Balaban J connectivity index is 2.48. The lowest BCUT2D eigenvalue weighted by molar-refractivity contribution is 0.690. The molecule has 90 valence electrons. The average molecular weight is 287 g/mol. The summed E-state index contributed by atoms with van der Waals surface area (Å²) in [7, 11) is 0. The first-order valence-electron chi connectivity index (χ1n) is 4.96. The Bertz CT molecular complexity index is 578. The van der Waals surface area contributed by atoms with Crippen LogP contribution in [0.15, 0.2) is 27.3 Å². The molecule has 3 nitrogen and oxygen atoms in total. The molecule has 2 aromatic rings. The van der Waals surface area contributed by atoms with Crippen molar-refractivity contribution in [2.75, 3.05) is 6.26 Å². The minimum atomic E-state index is -0.246. The zero-order chi connectivity index (χ0) is 12.4. The lowest BCUT2D eigenvalue weighted by atomic mass is 10.4. The predicted molar refractivity (Wildman–Crippen MR) is 73.4 cm³/mol. The smallest absolute Gasteiger partial charge is 0.290 e. The number of nitrogens with zero attached hydrogens (tertiary/aromatic N) is 2. The second kappa shape index (κ2) is 5.25. The van der Waals surface area contributed by atoms with Gasteiger partial charge in [-0.3, -0.25) is 4.57 Å². The van der Waals surface area contributed by atoms with Gasteiger partial charge in [-0.1, -0.05) is 17.7 Å². The van der Waals surface area contributed by atoms with Crippen LogP contribution >= 0.6 is 34.7 Å². The molecule has 17 heavy (non-hydrogen) atoms. The fourth-order valence-electron chi connectivity index (χ4n) is 1.49. The van der Waals surface area contributed by atoms with Crippen molar-refractivity contribution >= 4 is 34.7 Å². The third-order valence-electron chi connectivity index (χ3n) is 2.43. The molecule has 2 rings (SSSR count). The van der Waals surface area contributed by atoms with Gasteiger partial charge in [-0.05, 0) is 24.6 Å². The van der Waals surface area contributed by atoms with Crippen molar-refractivity contribution < 1.29 is 0 Å². The first kappa shape index (κ1) is 12.7. The predicted octanol–water partition coefficient (Wildman–Crippen LogP) is 3.04. The third kappa shape index (κ3) is 2.56. The minimum Gasteiger partial charge on any atom is -0.290 e. The van der Waals surface area contributed by atoms with Crippen molar-refractivity contribution in [1.82, 2.24) is 9.55 Å². The van der Waals surface area contributed by atoms with Crippen LogP contribution in [0.25, 0.3) is 0 Å². The van der Waals surface area contributed by atoms with E-state index in [1.807, 2.05) is 30.7 Å². The topological polar surface area (TPSA) is 34.9 Å². The highest BCUT2D eigenvalue weighted by molar-refractivity contribution is 7.98. The number of thiophene rings is 1. The summed E-state index contributed by atoms with van der Waals surface area (Å²) in [5, 5.41) is 3.14. The lowest BCUT2D eigenvalue weighted by Gasteiger charge is -2.11. The molecule has 2 heterocycles. The highest BCUT2D eigenvalue weighted by atomic mass is 35.5. The van der Waals surface area contributed by atoms with E-state index in [1.54, 1.807) is 15.9 Å². The van der Waals surface area contributed by atoms with Gasteiger partial charge in [0.2, 0.25) is 0 Å². The van der Waals surface area contributed by atoms with Gasteiger partial charge in [-0.25, -0.2) is 4.79 Å². The molecule has 0 saturated carbocycles. The third-order valence-corrected chi connectivity index (χ3v) is 4.53. The Kier molecular flexibility index (Phi) is 3.91. The van der Waals surface area contributed by atoms with Gasteiger partial charge in [0.1, 0.15) is 5.03 Å². The molecule has 6 heteroatoms. The second-order valence-electron chi connectivity index (χ2n) is 3.47. The molecule has 0 aliphatic rings. The van der Waals surface area contributed by atoms with Crippen molar-refractivity contribution in [3.05, 3.63) is 43.6 Å². The molecule has 0 saturated heterocycles. The van der Waals surface area contributed by atoms with Gasteiger partial charge in [0.15, 0.2) is 0 Å². The van der Waals surface area contributed by atoms with Gasteiger partial charge < -0.3 is 0 Å². The molecule has 0 atom stereocenters. The van der Waals surface area contributed by atoms with Crippen LogP contribution in [-0.2, 0) is 6.54 Å². The van der Waals surface area contributed by atoms with Crippen molar-refractivity contribution in [1.29, 1.82) is 0 Å². The molecule has 0 aliphatic carbocycles. The Hall–Kier alpha value is -0.780. The number of halogens is 1. The fraction of sp³-hybridized carbons (Fsp3) is 0.273. The minimum absolute atomic E-state index is 0.246. The summed E-state index contributed by atoms with van der Waals surface area (Å²) in [4.78, 5) is 17.0. The average Bonchev–Trinajstić information content (AvgIpc) is 2.82. The largest absolute Gasteiger partial charge is 0.349 e. The van der Waals surface area contributed by atoms with Crippen LogP contribution in [0.5, 0.6) is 0 Å². The van der Waals surface area contributed by atoms with Crippen LogP contribution in [0, 0.1) is 6.92 Å². The molecule has 0 N–H and O–H groups in total. The van der Waals surface area contributed by atoms with Crippen LogP contribution in [0.2, 0.25) is 5.02 Å². The van der Waals surface area contributed by atoms with Gasteiger partial charge in [0.25, 0.3) is 0 Å². The van der Waals surface area contributed by atoms with Crippen LogP contribution in [0.4, 0.5) is 0 Å². The summed E-state index contributed by atoms with van der Waals surface area (Å²) in [5.74, 6) is 0.